The molecule has 0 radical (unpaired) electrons. The number of nitrogens with zero attached hydrogens (tertiary/aromatic N) is 2. The fraction of sp³-hybridized carbons (Fsp3) is 0.250. The molecule has 5 heteroatoms. The van der Waals surface area contributed by atoms with Crippen molar-refractivity contribution in [3.8, 4) is 11.8 Å². The molecule has 108 valence electrons. The lowest BCUT2D eigenvalue weighted by atomic mass is 10.1. The lowest BCUT2D eigenvalue weighted by Gasteiger charge is -2.05. The van der Waals surface area contributed by atoms with E-state index in [2.05, 4.69) is 22.1 Å². The van der Waals surface area contributed by atoms with E-state index in [1.54, 1.807) is 30.5 Å². The lowest BCUT2D eigenvalue weighted by molar-refractivity contribution is 0.0954. The second-order valence-corrected chi connectivity index (χ2v) is 4.50. The van der Waals surface area contributed by atoms with Crippen LogP contribution in [0.1, 0.15) is 21.7 Å². The van der Waals surface area contributed by atoms with Crippen molar-refractivity contribution in [3.05, 3.63) is 53.6 Å². The molecule has 0 unspecified atom stereocenters. The molecular weight excluding hydrogens is 266 g/mol. The van der Waals surface area contributed by atoms with E-state index < -0.39 is 0 Å². The molecule has 0 aliphatic rings. The summed E-state index contributed by atoms with van der Waals surface area (Å²) in [6, 6.07) is 6.96. The van der Waals surface area contributed by atoms with Crippen LogP contribution in [-0.2, 0) is 13.5 Å². The van der Waals surface area contributed by atoms with Crippen molar-refractivity contribution in [2.24, 2.45) is 7.05 Å². The number of aryl methyl sites for hydroxylation is 1. The van der Waals surface area contributed by atoms with Crippen molar-refractivity contribution in [3.63, 3.8) is 0 Å². The summed E-state index contributed by atoms with van der Waals surface area (Å²) in [6.45, 7) is 0.366. The third-order valence-corrected chi connectivity index (χ3v) is 3.01. The summed E-state index contributed by atoms with van der Waals surface area (Å²) in [6.07, 6.45) is 4.31. The molecule has 0 bridgehead atoms. The first-order valence-electron chi connectivity index (χ1n) is 6.65. The van der Waals surface area contributed by atoms with Gasteiger partial charge in [0.25, 0.3) is 5.91 Å². The van der Waals surface area contributed by atoms with E-state index in [4.69, 9.17) is 5.11 Å². The largest absolute Gasteiger partial charge is 0.384 e. The highest BCUT2D eigenvalue weighted by molar-refractivity contribution is 5.94. The summed E-state index contributed by atoms with van der Waals surface area (Å²) in [5.41, 5.74) is 1.36. The minimum Gasteiger partial charge on any atom is -0.384 e. The molecule has 0 fully saturated rings. The van der Waals surface area contributed by atoms with Crippen molar-refractivity contribution < 1.29 is 9.90 Å². The van der Waals surface area contributed by atoms with Gasteiger partial charge in [-0.25, -0.2) is 4.98 Å². The Morgan fingerprint density at radius 3 is 2.76 bits per heavy atom. The van der Waals surface area contributed by atoms with Gasteiger partial charge in [-0.3, -0.25) is 4.79 Å². The van der Waals surface area contributed by atoms with E-state index in [-0.39, 0.29) is 12.5 Å². The zero-order valence-corrected chi connectivity index (χ0v) is 11.8. The predicted octanol–water partition coefficient (Wildman–Crippen LogP) is 0.736. The van der Waals surface area contributed by atoms with Gasteiger partial charge >= 0.3 is 0 Å². The number of hydrogen-bond donors (Lipinski definition) is 2. The second-order valence-electron chi connectivity index (χ2n) is 4.50. The Balaban J connectivity index is 1.87. The minimum atomic E-state index is -0.171. The Morgan fingerprint density at radius 2 is 2.14 bits per heavy atom. The summed E-state index contributed by atoms with van der Waals surface area (Å²) in [4.78, 5) is 16.2. The molecule has 5 nitrogen and oxygen atoms in total. The van der Waals surface area contributed by atoms with Crippen LogP contribution in [0.2, 0.25) is 0 Å². The van der Waals surface area contributed by atoms with Gasteiger partial charge in [-0.2, -0.15) is 0 Å². The van der Waals surface area contributed by atoms with Gasteiger partial charge in [-0.15, -0.1) is 0 Å². The van der Waals surface area contributed by atoms with E-state index in [0.29, 0.717) is 18.5 Å². The van der Waals surface area contributed by atoms with E-state index in [1.807, 2.05) is 17.8 Å². The van der Waals surface area contributed by atoms with Crippen LogP contribution in [0.4, 0.5) is 0 Å². The molecule has 21 heavy (non-hydrogen) atoms. The van der Waals surface area contributed by atoms with E-state index in [0.717, 1.165) is 11.4 Å². The van der Waals surface area contributed by atoms with Crippen LogP contribution < -0.4 is 5.32 Å². The number of aromatic nitrogens is 2. The third kappa shape index (κ3) is 4.20. The van der Waals surface area contributed by atoms with Crippen molar-refractivity contribution in [1.29, 1.82) is 0 Å². The standard InChI is InChI=1S/C16H17N3O2/c1-19-11-10-17-15(19)8-9-18-16(21)14-6-4-13(5-7-14)3-2-12-20/h4-7,10-11,20H,8-9,12H2,1H3,(H,18,21). The predicted molar refractivity (Wildman–Crippen MR) is 79.7 cm³/mol. The molecule has 0 saturated heterocycles. The molecular formula is C16H17N3O2. The maximum Gasteiger partial charge on any atom is 0.251 e. The van der Waals surface area contributed by atoms with Gasteiger partial charge < -0.3 is 15.0 Å². The summed E-state index contributed by atoms with van der Waals surface area (Å²) < 4.78 is 1.93. The van der Waals surface area contributed by atoms with E-state index >= 15 is 0 Å². The molecule has 0 atom stereocenters. The maximum absolute atomic E-state index is 12.0. The number of nitrogens with one attached hydrogen (secondary N) is 1. The van der Waals surface area contributed by atoms with Gasteiger partial charge in [0.1, 0.15) is 12.4 Å². The number of aliphatic hydroxyl groups is 1. The molecule has 0 spiro atoms. The van der Waals surface area contributed by atoms with Crippen LogP contribution in [0.15, 0.2) is 36.7 Å². The van der Waals surface area contributed by atoms with Crippen molar-refractivity contribution >= 4 is 5.91 Å². The van der Waals surface area contributed by atoms with Gasteiger partial charge in [-0.05, 0) is 24.3 Å². The summed E-state index contributed by atoms with van der Waals surface area (Å²) >= 11 is 0. The molecule has 2 rings (SSSR count). The van der Waals surface area contributed by atoms with E-state index in [9.17, 15) is 4.79 Å². The Kier molecular flexibility index (Phi) is 5.13. The molecule has 1 aromatic carbocycles. The summed E-state index contributed by atoms with van der Waals surface area (Å²) in [5, 5.41) is 11.5. The molecule has 1 heterocycles. The average Bonchev–Trinajstić information content (AvgIpc) is 2.91. The number of rotatable bonds is 4. The quantitative estimate of drug-likeness (QED) is 0.813. The molecule has 2 aromatic rings. The second kappa shape index (κ2) is 7.27. The Hall–Kier alpha value is -2.58. The number of carbonyl (C=O) groups is 1. The molecule has 0 saturated carbocycles. The highest BCUT2D eigenvalue weighted by Gasteiger charge is 2.05. The van der Waals surface area contributed by atoms with Gasteiger partial charge in [0, 0.05) is 43.5 Å². The Labute approximate surface area is 123 Å². The number of amides is 1. The number of aliphatic hydroxyl groups excluding tert-OH is 1. The highest BCUT2D eigenvalue weighted by atomic mass is 16.2. The first-order chi connectivity index (χ1) is 10.2. The first-order valence-corrected chi connectivity index (χ1v) is 6.65. The number of carbonyl (C=O) groups excluding carboxylic acids is 1. The molecule has 0 aliphatic heterocycles. The van der Waals surface area contributed by atoms with Crippen LogP contribution in [-0.4, -0.2) is 33.7 Å². The van der Waals surface area contributed by atoms with Crippen LogP contribution in [0.3, 0.4) is 0 Å². The van der Waals surface area contributed by atoms with Crippen LogP contribution in [0.5, 0.6) is 0 Å². The van der Waals surface area contributed by atoms with Gasteiger partial charge in [0.15, 0.2) is 0 Å². The first kappa shape index (κ1) is 14.8. The van der Waals surface area contributed by atoms with Crippen molar-refractivity contribution in [1.82, 2.24) is 14.9 Å². The van der Waals surface area contributed by atoms with Crippen LogP contribution >= 0.6 is 0 Å². The Morgan fingerprint density at radius 1 is 1.38 bits per heavy atom. The van der Waals surface area contributed by atoms with Crippen molar-refractivity contribution in [2.45, 2.75) is 6.42 Å². The van der Waals surface area contributed by atoms with Gasteiger partial charge in [0.05, 0.1) is 0 Å². The average molecular weight is 283 g/mol. The van der Waals surface area contributed by atoms with Crippen LogP contribution in [0, 0.1) is 11.8 Å². The van der Waals surface area contributed by atoms with Gasteiger partial charge in [-0.1, -0.05) is 11.8 Å². The zero-order chi connectivity index (χ0) is 15.1. The summed E-state index contributed by atoms with van der Waals surface area (Å²) in [5.74, 6) is 6.17. The van der Waals surface area contributed by atoms with Crippen molar-refractivity contribution in [2.75, 3.05) is 13.2 Å². The highest BCUT2D eigenvalue weighted by Crippen LogP contribution is 2.03. The molecule has 0 aliphatic carbocycles. The molecule has 2 N–H and O–H groups in total. The summed E-state index contributed by atoms with van der Waals surface area (Å²) in [7, 11) is 1.93. The number of benzene rings is 1. The third-order valence-electron chi connectivity index (χ3n) is 3.01. The van der Waals surface area contributed by atoms with E-state index in [1.165, 1.54) is 0 Å². The number of imidazole rings is 1. The fourth-order valence-electron chi connectivity index (χ4n) is 1.87. The molecule has 1 amide bonds. The SMILES string of the molecule is Cn1ccnc1CCNC(=O)c1ccc(C#CCO)cc1. The zero-order valence-electron chi connectivity index (χ0n) is 11.8. The molecule has 1 aromatic heterocycles. The van der Waals surface area contributed by atoms with Crippen LogP contribution in [0.25, 0.3) is 0 Å². The number of hydrogen-bond acceptors (Lipinski definition) is 3. The normalized spacial score (nSPS) is 9.81. The fourth-order valence-corrected chi connectivity index (χ4v) is 1.87. The van der Waals surface area contributed by atoms with Gasteiger partial charge in [0.2, 0.25) is 0 Å². The smallest absolute Gasteiger partial charge is 0.251 e. The lowest BCUT2D eigenvalue weighted by Crippen LogP contribution is -2.26. The maximum atomic E-state index is 12.0. The minimum absolute atomic E-state index is 0.120. The topological polar surface area (TPSA) is 67.2 Å². The Bertz CT molecular complexity index is 663. The monoisotopic (exact) mass is 283 g/mol.